The molecule has 1 aromatic carbocycles. The van der Waals surface area contributed by atoms with Gasteiger partial charge >= 0.3 is 0 Å². The van der Waals surface area contributed by atoms with E-state index < -0.39 is 11.6 Å². The first-order valence-corrected chi connectivity index (χ1v) is 5.30. The number of hydrogen-bond donors (Lipinski definition) is 1. The molecule has 1 aromatic rings. The van der Waals surface area contributed by atoms with Gasteiger partial charge in [-0.2, -0.15) is 0 Å². The SMILES string of the molecule is COc1cc(C2(C(C)N)CC2)c(F)cc1F. The number of rotatable bonds is 3. The highest BCUT2D eigenvalue weighted by molar-refractivity contribution is 5.41. The largest absolute Gasteiger partial charge is 0.494 e. The summed E-state index contributed by atoms with van der Waals surface area (Å²) in [5, 5.41) is 0. The van der Waals surface area contributed by atoms with E-state index in [0.717, 1.165) is 18.9 Å². The molecule has 4 heteroatoms. The van der Waals surface area contributed by atoms with Gasteiger partial charge in [0.15, 0.2) is 11.6 Å². The fraction of sp³-hybridized carbons (Fsp3) is 0.500. The summed E-state index contributed by atoms with van der Waals surface area (Å²) in [6.45, 7) is 1.85. The van der Waals surface area contributed by atoms with Crippen LogP contribution < -0.4 is 10.5 Å². The summed E-state index contributed by atoms with van der Waals surface area (Å²) in [7, 11) is 1.37. The van der Waals surface area contributed by atoms with E-state index in [9.17, 15) is 8.78 Å². The van der Waals surface area contributed by atoms with Gasteiger partial charge in [-0.15, -0.1) is 0 Å². The van der Waals surface area contributed by atoms with Crippen LogP contribution in [0.1, 0.15) is 25.3 Å². The predicted octanol–water partition coefficient (Wildman–Crippen LogP) is 2.35. The first-order chi connectivity index (χ1) is 7.51. The molecule has 2 N–H and O–H groups in total. The molecule has 0 heterocycles. The smallest absolute Gasteiger partial charge is 0.167 e. The summed E-state index contributed by atoms with van der Waals surface area (Å²) in [5.41, 5.74) is 6.01. The molecule has 0 spiro atoms. The first-order valence-electron chi connectivity index (χ1n) is 5.30. The zero-order valence-corrected chi connectivity index (χ0v) is 9.39. The highest BCUT2D eigenvalue weighted by Gasteiger charge is 2.49. The third-order valence-corrected chi connectivity index (χ3v) is 3.44. The van der Waals surface area contributed by atoms with Crippen LogP contribution in [0.25, 0.3) is 0 Å². The standard InChI is InChI=1S/C12H15F2NO/c1-7(15)12(3-4-12)8-5-11(16-2)10(14)6-9(8)13/h5-7H,3-4,15H2,1-2H3. The molecule has 2 rings (SSSR count). The van der Waals surface area contributed by atoms with Gasteiger partial charge in [0.2, 0.25) is 0 Å². The molecule has 1 saturated carbocycles. The van der Waals surface area contributed by atoms with Gasteiger partial charge < -0.3 is 10.5 Å². The maximum absolute atomic E-state index is 13.7. The van der Waals surface area contributed by atoms with Crippen LogP contribution in [-0.4, -0.2) is 13.2 Å². The minimum Gasteiger partial charge on any atom is -0.494 e. The van der Waals surface area contributed by atoms with Gasteiger partial charge in [0, 0.05) is 17.5 Å². The molecule has 1 aliphatic rings. The Morgan fingerprint density at radius 1 is 1.31 bits per heavy atom. The Hall–Kier alpha value is -1.16. The van der Waals surface area contributed by atoms with Crippen LogP contribution >= 0.6 is 0 Å². The lowest BCUT2D eigenvalue weighted by Gasteiger charge is -2.21. The molecule has 0 amide bonds. The lowest BCUT2D eigenvalue weighted by Crippen LogP contribution is -2.32. The second-order valence-corrected chi connectivity index (χ2v) is 4.41. The van der Waals surface area contributed by atoms with Crippen molar-refractivity contribution < 1.29 is 13.5 Å². The first kappa shape index (κ1) is 11.3. The van der Waals surface area contributed by atoms with Crippen molar-refractivity contribution >= 4 is 0 Å². The number of nitrogens with two attached hydrogens (primary N) is 1. The van der Waals surface area contributed by atoms with Crippen LogP contribution in [-0.2, 0) is 5.41 Å². The van der Waals surface area contributed by atoms with E-state index in [1.165, 1.54) is 13.2 Å². The van der Waals surface area contributed by atoms with Crippen molar-refractivity contribution in [1.29, 1.82) is 0 Å². The van der Waals surface area contributed by atoms with Crippen molar-refractivity contribution in [3.8, 4) is 5.75 Å². The van der Waals surface area contributed by atoms with E-state index >= 15 is 0 Å². The Kier molecular flexibility index (Phi) is 2.62. The quantitative estimate of drug-likeness (QED) is 0.860. The van der Waals surface area contributed by atoms with E-state index in [1.54, 1.807) is 0 Å². The summed E-state index contributed by atoms with van der Waals surface area (Å²) in [5.74, 6) is -1.14. The zero-order chi connectivity index (χ0) is 11.9. The molecule has 2 nitrogen and oxygen atoms in total. The molecular weight excluding hydrogens is 212 g/mol. The molecule has 0 aromatic heterocycles. The van der Waals surface area contributed by atoms with Gasteiger partial charge in [-0.3, -0.25) is 0 Å². The fourth-order valence-corrected chi connectivity index (χ4v) is 2.17. The van der Waals surface area contributed by atoms with Crippen LogP contribution in [0, 0.1) is 11.6 Å². The highest BCUT2D eigenvalue weighted by Crippen LogP contribution is 2.51. The molecule has 88 valence electrons. The second-order valence-electron chi connectivity index (χ2n) is 4.41. The van der Waals surface area contributed by atoms with Crippen molar-refractivity contribution in [3.05, 3.63) is 29.3 Å². The molecule has 16 heavy (non-hydrogen) atoms. The van der Waals surface area contributed by atoms with Gasteiger partial charge in [-0.1, -0.05) is 0 Å². The third-order valence-electron chi connectivity index (χ3n) is 3.44. The van der Waals surface area contributed by atoms with Crippen LogP contribution in [0.3, 0.4) is 0 Å². The maximum atomic E-state index is 13.7. The average Bonchev–Trinajstić information content (AvgIpc) is 2.99. The predicted molar refractivity (Wildman–Crippen MR) is 57.5 cm³/mol. The van der Waals surface area contributed by atoms with Gasteiger partial charge in [-0.05, 0) is 31.4 Å². The van der Waals surface area contributed by atoms with Crippen molar-refractivity contribution in [2.45, 2.75) is 31.2 Å². The van der Waals surface area contributed by atoms with E-state index in [1.807, 2.05) is 6.92 Å². The van der Waals surface area contributed by atoms with Gasteiger partial charge in [0.25, 0.3) is 0 Å². The minimum atomic E-state index is -0.677. The zero-order valence-electron chi connectivity index (χ0n) is 9.39. The Morgan fingerprint density at radius 2 is 1.94 bits per heavy atom. The maximum Gasteiger partial charge on any atom is 0.167 e. The molecule has 1 unspecified atom stereocenters. The highest BCUT2D eigenvalue weighted by atomic mass is 19.1. The molecule has 0 saturated heterocycles. The lowest BCUT2D eigenvalue weighted by molar-refractivity contribution is 0.380. The number of benzene rings is 1. The van der Waals surface area contributed by atoms with E-state index in [4.69, 9.17) is 10.5 Å². The molecule has 1 aliphatic carbocycles. The van der Waals surface area contributed by atoms with Crippen LogP contribution in [0.4, 0.5) is 8.78 Å². The van der Waals surface area contributed by atoms with Crippen molar-refractivity contribution in [2.75, 3.05) is 7.11 Å². The van der Waals surface area contributed by atoms with Crippen molar-refractivity contribution in [1.82, 2.24) is 0 Å². The Balaban J connectivity index is 2.49. The van der Waals surface area contributed by atoms with Gasteiger partial charge in [-0.25, -0.2) is 8.78 Å². The molecule has 1 atom stereocenters. The number of methoxy groups -OCH3 is 1. The lowest BCUT2D eigenvalue weighted by atomic mass is 9.89. The number of ether oxygens (including phenoxy) is 1. The van der Waals surface area contributed by atoms with Gasteiger partial charge in [0.1, 0.15) is 5.82 Å². The molecule has 1 fully saturated rings. The summed E-state index contributed by atoms with van der Waals surface area (Å²) in [6.07, 6.45) is 1.69. The Bertz CT molecular complexity index is 414. The van der Waals surface area contributed by atoms with Gasteiger partial charge in [0.05, 0.1) is 7.11 Å². The summed E-state index contributed by atoms with van der Waals surface area (Å²) in [6, 6.07) is 2.16. The third kappa shape index (κ3) is 1.57. The van der Waals surface area contributed by atoms with E-state index in [-0.39, 0.29) is 17.2 Å². The van der Waals surface area contributed by atoms with Crippen molar-refractivity contribution in [3.63, 3.8) is 0 Å². The summed E-state index contributed by atoms with van der Waals surface area (Å²) in [4.78, 5) is 0. The summed E-state index contributed by atoms with van der Waals surface area (Å²) < 4.78 is 31.8. The topological polar surface area (TPSA) is 35.2 Å². The second kappa shape index (κ2) is 3.70. The molecule has 0 aliphatic heterocycles. The van der Waals surface area contributed by atoms with E-state index in [0.29, 0.717) is 5.56 Å². The number of halogens is 2. The van der Waals surface area contributed by atoms with Crippen LogP contribution in [0.5, 0.6) is 5.75 Å². The van der Waals surface area contributed by atoms with Crippen molar-refractivity contribution in [2.24, 2.45) is 5.73 Å². The fourth-order valence-electron chi connectivity index (χ4n) is 2.17. The number of hydrogen-bond acceptors (Lipinski definition) is 2. The van der Waals surface area contributed by atoms with Crippen LogP contribution in [0.15, 0.2) is 12.1 Å². The molecule has 0 bridgehead atoms. The van der Waals surface area contributed by atoms with E-state index in [2.05, 4.69) is 0 Å². The normalized spacial score (nSPS) is 19.3. The van der Waals surface area contributed by atoms with Crippen LogP contribution in [0.2, 0.25) is 0 Å². The Morgan fingerprint density at radius 3 is 2.38 bits per heavy atom. The minimum absolute atomic E-state index is 0.0725. The summed E-state index contributed by atoms with van der Waals surface area (Å²) >= 11 is 0. The molecular formula is C12H15F2NO. The monoisotopic (exact) mass is 227 g/mol. The average molecular weight is 227 g/mol. The molecule has 0 radical (unpaired) electrons. The Labute approximate surface area is 93.4 Å².